The van der Waals surface area contributed by atoms with Crippen LogP contribution in [-0.4, -0.2) is 35.0 Å². The largest absolute Gasteiger partial charge is 0.369 e. The molecule has 27 heavy (non-hydrogen) atoms. The summed E-state index contributed by atoms with van der Waals surface area (Å²) in [6, 6.07) is 13.0. The number of ether oxygens (including phenoxy) is 1. The number of benzene rings is 1. The standard InChI is InChI=1S/C23H30N2O2/c1-16-8-6-9-18(12-16)14-19-13-17(2)24-20(15-19)21-10-7-11-25(21)22(26)23(3,4)27-5/h6,8-9,12-13,15,21H,7,10-11,14H2,1-5H3/t21-/m0/s1. The van der Waals surface area contributed by atoms with Crippen molar-refractivity contribution in [3.8, 4) is 0 Å². The first-order valence-corrected chi connectivity index (χ1v) is 9.69. The molecule has 2 heterocycles. The normalized spacial score (nSPS) is 17.4. The first-order chi connectivity index (χ1) is 12.8. The fourth-order valence-corrected chi connectivity index (χ4v) is 3.85. The summed E-state index contributed by atoms with van der Waals surface area (Å²) in [5.74, 6) is 0.0380. The van der Waals surface area contributed by atoms with Crippen LogP contribution in [0.15, 0.2) is 36.4 Å². The Kier molecular flexibility index (Phi) is 5.66. The lowest BCUT2D eigenvalue weighted by Gasteiger charge is -2.32. The van der Waals surface area contributed by atoms with Gasteiger partial charge in [0.1, 0.15) is 5.60 Å². The van der Waals surface area contributed by atoms with Gasteiger partial charge >= 0.3 is 0 Å². The lowest BCUT2D eigenvalue weighted by atomic mass is 10.00. The predicted molar refractivity (Wildman–Crippen MR) is 108 cm³/mol. The fourth-order valence-electron chi connectivity index (χ4n) is 3.85. The van der Waals surface area contributed by atoms with Crippen LogP contribution >= 0.6 is 0 Å². The van der Waals surface area contributed by atoms with E-state index in [0.29, 0.717) is 0 Å². The molecule has 1 aromatic carbocycles. The van der Waals surface area contributed by atoms with E-state index >= 15 is 0 Å². The number of carbonyl (C=O) groups is 1. The third kappa shape index (κ3) is 4.38. The summed E-state index contributed by atoms with van der Waals surface area (Å²) in [6.45, 7) is 8.57. The Hall–Kier alpha value is -2.20. The van der Waals surface area contributed by atoms with Gasteiger partial charge in [0.2, 0.25) is 0 Å². The molecule has 1 saturated heterocycles. The molecule has 0 aliphatic carbocycles. The Labute approximate surface area is 162 Å². The van der Waals surface area contributed by atoms with E-state index < -0.39 is 5.60 Å². The van der Waals surface area contributed by atoms with Crippen molar-refractivity contribution in [3.05, 3.63) is 64.5 Å². The van der Waals surface area contributed by atoms with Crippen LogP contribution in [0.1, 0.15) is 60.8 Å². The van der Waals surface area contributed by atoms with Crippen LogP contribution in [0.3, 0.4) is 0 Å². The van der Waals surface area contributed by atoms with Gasteiger partial charge in [0.05, 0.1) is 11.7 Å². The van der Waals surface area contributed by atoms with E-state index in [1.165, 1.54) is 16.7 Å². The number of aromatic nitrogens is 1. The molecule has 4 heteroatoms. The minimum atomic E-state index is -0.809. The number of rotatable bonds is 5. The van der Waals surface area contributed by atoms with Crippen LogP contribution in [0.5, 0.6) is 0 Å². The molecular formula is C23H30N2O2. The second-order valence-electron chi connectivity index (χ2n) is 8.08. The molecule has 1 atom stereocenters. The van der Waals surface area contributed by atoms with Gasteiger partial charge in [-0.3, -0.25) is 9.78 Å². The maximum Gasteiger partial charge on any atom is 0.254 e. The lowest BCUT2D eigenvalue weighted by molar-refractivity contribution is -0.152. The van der Waals surface area contributed by atoms with Crippen LogP contribution < -0.4 is 0 Å². The molecule has 0 spiro atoms. The van der Waals surface area contributed by atoms with Crippen molar-refractivity contribution < 1.29 is 9.53 Å². The quantitative estimate of drug-likeness (QED) is 0.789. The van der Waals surface area contributed by atoms with Crippen molar-refractivity contribution >= 4 is 5.91 Å². The zero-order valence-electron chi connectivity index (χ0n) is 17.1. The minimum absolute atomic E-state index is 0.0306. The molecule has 2 aromatic rings. The predicted octanol–water partition coefficient (Wildman–Crippen LogP) is 4.38. The SMILES string of the molecule is COC(C)(C)C(=O)N1CCC[C@H]1c1cc(Cc2cccc(C)c2)cc(C)n1. The van der Waals surface area contributed by atoms with Crippen molar-refractivity contribution in [2.45, 2.75) is 58.6 Å². The van der Waals surface area contributed by atoms with E-state index in [2.05, 4.69) is 43.3 Å². The van der Waals surface area contributed by atoms with E-state index in [-0.39, 0.29) is 11.9 Å². The van der Waals surface area contributed by atoms with Crippen LogP contribution in [0.2, 0.25) is 0 Å². The first kappa shape index (κ1) is 19.6. The van der Waals surface area contributed by atoms with Gasteiger partial charge in [-0.1, -0.05) is 29.8 Å². The van der Waals surface area contributed by atoms with E-state index in [4.69, 9.17) is 9.72 Å². The molecule has 0 radical (unpaired) electrons. The number of pyridine rings is 1. The maximum absolute atomic E-state index is 13.0. The zero-order chi connectivity index (χ0) is 19.6. The van der Waals surface area contributed by atoms with Gasteiger partial charge < -0.3 is 9.64 Å². The van der Waals surface area contributed by atoms with Gasteiger partial charge in [-0.05, 0) is 70.2 Å². The Bertz CT molecular complexity index is 829. The number of nitrogens with zero attached hydrogens (tertiary/aromatic N) is 2. The molecule has 0 N–H and O–H groups in total. The van der Waals surface area contributed by atoms with Crippen molar-refractivity contribution in [2.24, 2.45) is 0 Å². The van der Waals surface area contributed by atoms with Crippen LogP contribution in [0, 0.1) is 13.8 Å². The summed E-state index contributed by atoms with van der Waals surface area (Å²) in [5, 5.41) is 0. The number of amides is 1. The third-order valence-corrected chi connectivity index (χ3v) is 5.40. The van der Waals surface area contributed by atoms with Crippen molar-refractivity contribution in [3.63, 3.8) is 0 Å². The van der Waals surface area contributed by atoms with Gasteiger partial charge in [0.25, 0.3) is 5.91 Å². The monoisotopic (exact) mass is 366 g/mol. The molecule has 0 unspecified atom stereocenters. The average molecular weight is 367 g/mol. The second kappa shape index (κ2) is 7.81. The lowest BCUT2D eigenvalue weighted by Crippen LogP contribution is -2.46. The highest BCUT2D eigenvalue weighted by Gasteiger charge is 2.39. The molecule has 1 aliphatic rings. The Morgan fingerprint density at radius 3 is 2.70 bits per heavy atom. The molecule has 144 valence electrons. The summed E-state index contributed by atoms with van der Waals surface area (Å²) in [5.41, 5.74) is 5.00. The maximum atomic E-state index is 13.0. The first-order valence-electron chi connectivity index (χ1n) is 9.69. The molecule has 1 fully saturated rings. The summed E-state index contributed by atoms with van der Waals surface area (Å²) in [7, 11) is 1.59. The second-order valence-corrected chi connectivity index (χ2v) is 8.08. The molecule has 4 nitrogen and oxygen atoms in total. The van der Waals surface area contributed by atoms with E-state index in [1.807, 2.05) is 25.7 Å². The number of carbonyl (C=O) groups excluding carboxylic acids is 1. The van der Waals surface area contributed by atoms with Gasteiger partial charge in [0, 0.05) is 19.3 Å². The molecule has 3 rings (SSSR count). The zero-order valence-corrected chi connectivity index (χ0v) is 17.1. The molecule has 0 saturated carbocycles. The van der Waals surface area contributed by atoms with Gasteiger partial charge in [-0.25, -0.2) is 0 Å². The number of hydrogen-bond donors (Lipinski definition) is 0. The van der Waals surface area contributed by atoms with Gasteiger partial charge in [-0.15, -0.1) is 0 Å². The summed E-state index contributed by atoms with van der Waals surface area (Å²) in [6.07, 6.45) is 2.83. The van der Waals surface area contributed by atoms with Crippen molar-refractivity contribution in [1.29, 1.82) is 0 Å². The fraction of sp³-hybridized carbons (Fsp3) is 0.478. The van der Waals surface area contributed by atoms with Crippen LogP contribution in [0.4, 0.5) is 0 Å². The Morgan fingerprint density at radius 1 is 1.22 bits per heavy atom. The van der Waals surface area contributed by atoms with Crippen molar-refractivity contribution in [2.75, 3.05) is 13.7 Å². The van der Waals surface area contributed by atoms with Gasteiger partial charge in [0.15, 0.2) is 0 Å². The highest BCUT2D eigenvalue weighted by molar-refractivity contribution is 5.85. The van der Waals surface area contributed by atoms with E-state index in [9.17, 15) is 4.79 Å². The average Bonchev–Trinajstić information content (AvgIpc) is 3.10. The van der Waals surface area contributed by atoms with Crippen LogP contribution in [-0.2, 0) is 16.0 Å². The van der Waals surface area contributed by atoms with E-state index in [1.54, 1.807) is 7.11 Å². The Balaban J connectivity index is 1.88. The smallest absolute Gasteiger partial charge is 0.254 e. The number of hydrogen-bond acceptors (Lipinski definition) is 3. The highest BCUT2D eigenvalue weighted by atomic mass is 16.5. The highest BCUT2D eigenvalue weighted by Crippen LogP contribution is 2.34. The third-order valence-electron chi connectivity index (χ3n) is 5.40. The molecule has 1 aromatic heterocycles. The summed E-state index contributed by atoms with van der Waals surface area (Å²) in [4.78, 5) is 19.7. The molecule has 0 bridgehead atoms. The molecule has 1 aliphatic heterocycles. The summed E-state index contributed by atoms with van der Waals surface area (Å²) >= 11 is 0. The van der Waals surface area contributed by atoms with Crippen molar-refractivity contribution in [1.82, 2.24) is 9.88 Å². The number of likely N-dealkylation sites (tertiary alicyclic amines) is 1. The van der Waals surface area contributed by atoms with Gasteiger partial charge in [-0.2, -0.15) is 0 Å². The number of methoxy groups -OCH3 is 1. The minimum Gasteiger partial charge on any atom is -0.369 e. The van der Waals surface area contributed by atoms with Crippen LogP contribution in [0.25, 0.3) is 0 Å². The van der Waals surface area contributed by atoms with E-state index in [0.717, 1.165) is 37.2 Å². The Morgan fingerprint density at radius 2 is 2.00 bits per heavy atom. The topological polar surface area (TPSA) is 42.4 Å². The number of aryl methyl sites for hydroxylation is 2. The molecular weight excluding hydrogens is 336 g/mol. The summed E-state index contributed by atoms with van der Waals surface area (Å²) < 4.78 is 5.42. The molecule has 1 amide bonds.